The van der Waals surface area contributed by atoms with Crippen molar-refractivity contribution in [2.24, 2.45) is 5.92 Å². The van der Waals surface area contributed by atoms with Crippen LogP contribution >= 0.6 is 7.82 Å². The molecule has 0 bridgehead atoms. The zero-order valence-electron chi connectivity index (χ0n) is 16.3. The third kappa shape index (κ3) is 8.22. The standard InChI is InChI=1S/C16H26N3O8P/c1-5-12(2)10-25-16(21)19(4)14-13(7-6-8-17-14)9-18(3)15(20)26-11-27-28(22,23)24/h6-8,12H,5,9-11H2,1-4H3,(H2,22,23,24). The summed E-state index contributed by atoms with van der Waals surface area (Å²) in [7, 11) is -1.81. The van der Waals surface area contributed by atoms with Crippen LogP contribution in [0.3, 0.4) is 0 Å². The van der Waals surface area contributed by atoms with Gasteiger partial charge < -0.3 is 24.2 Å². The van der Waals surface area contributed by atoms with Crippen molar-refractivity contribution in [2.75, 3.05) is 32.4 Å². The van der Waals surface area contributed by atoms with Gasteiger partial charge in [-0.05, 0) is 12.0 Å². The van der Waals surface area contributed by atoms with Crippen LogP contribution in [-0.4, -0.2) is 59.4 Å². The molecule has 0 fully saturated rings. The number of rotatable bonds is 9. The minimum Gasteiger partial charge on any atom is -0.449 e. The molecule has 1 atom stereocenters. The Labute approximate surface area is 163 Å². The van der Waals surface area contributed by atoms with Crippen LogP contribution < -0.4 is 4.90 Å². The number of carbonyl (C=O) groups excluding carboxylic acids is 2. The fourth-order valence-electron chi connectivity index (χ4n) is 1.95. The molecular formula is C16H26N3O8P. The van der Waals surface area contributed by atoms with Crippen molar-refractivity contribution in [3.63, 3.8) is 0 Å². The molecule has 2 N–H and O–H groups in total. The molecular weight excluding hydrogens is 393 g/mol. The Bertz CT molecular complexity index is 711. The molecule has 0 aliphatic heterocycles. The quantitative estimate of drug-likeness (QED) is 0.456. The van der Waals surface area contributed by atoms with Gasteiger partial charge in [-0.2, -0.15) is 0 Å². The van der Waals surface area contributed by atoms with E-state index in [1.54, 1.807) is 12.1 Å². The van der Waals surface area contributed by atoms with Crippen molar-refractivity contribution in [3.8, 4) is 0 Å². The van der Waals surface area contributed by atoms with Gasteiger partial charge in [-0.3, -0.25) is 4.90 Å². The third-order valence-electron chi connectivity index (χ3n) is 3.77. The first-order valence-electron chi connectivity index (χ1n) is 8.47. The number of carbonyl (C=O) groups is 2. The summed E-state index contributed by atoms with van der Waals surface area (Å²) in [6.45, 7) is 3.39. The lowest BCUT2D eigenvalue weighted by atomic mass is 10.1. The monoisotopic (exact) mass is 419 g/mol. The van der Waals surface area contributed by atoms with Gasteiger partial charge in [0.25, 0.3) is 0 Å². The summed E-state index contributed by atoms with van der Waals surface area (Å²) in [5.74, 6) is 0.541. The Morgan fingerprint density at radius 1 is 1.25 bits per heavy atom. The SMILES string of the molecule is CCC(C)COC(=O)N(C)c1ncccc1CN(C)C(=O)OCOP(=O)(O)O. The third-order valence-corrected chi connectivity index (χ3v) is 4.21. The summed E-state index contributed by atoms with van der Waals surface area (Å²) in [5.41, 5.74) is 0.542. The molecule has 0 aromatic carbocycles. The lowest BCUT2D eigenvalue weighted by molar-refractivity contribution is 0.0229. The summed E-state index contributed by atoms with van der Waals surface area (Å²) < 4.78 is 24.5. The van der Waals surface area contributed by atoms with Gasteiger partial charge in [0, 0.05) is 25.9 Å². The number of ether oxygens (including phenoxy) is 2. The van der Waals surface area contributed by atoms with E-state index in [2.05, 4.69) is 14.2 Å². The molecule has 158 valence electrons. The van der Waals surface area contributed by atoms with E-state index in [1.165, 1.54) is 25.2 Å². The van der Waals surface area contributed by atoms with Crippen molar-refractivity contribution in [2.45, 2.75) is 26.8 Å². The molecule has 0 spiro atoms. The maximum absolute atomic E-state index is 12.2. The van der Waals surface area contributed by atoms with Gasteiger partial charge in [-0.25, -0.2) is 23.7 Å². The van der Waals surface area contributed by atoms with Crippen LogP contribution in [0.1, 0.15) is 25.8 Å². The van der Waals surface area contributed by atoms with E-state index in [0.717, 1.165) is 11.3 Å². The lowest BCUT2D eigenvalue weighted by Gasteiger charge is -2.22. The van der Waals surface area contributed by atoms with E-state index in [-0.39, 0.29) is 19.1 Å². The normalized spacial score (nSPS) is 12.2. The second-order valence-electron chi connectivity index (χ2n) is 6.14. The minimum absolute atomic E-state index is 0.0287. The summed E-state index contributed by atoms with van der Waals surface area (Å²) >= 11 is 0. The predicted molar refractivity (Wildman–Crippen MR) is 99.4 cm³/mol. The first-order valence-corrected chi connectivity index (χ1v) is 10.0. The largest absolute Gasteiger partial charge is 0.472 e. The van der Waals surface area contributed by atoms with Crippen LogP contribution in [0, 0.1) is 5.92 Å². The highest BCUT2D eigenvalue weighted by molar-refractivity contribution is 7.46. The maximum Gasteiger partial charge on any atom is 0.472 e. The van der Waals surface area contributed by atoms with Gasteiger partial charge in [-0.15, -0.1) is 0 Å². The van der Waals surface area contributed by atoms with Gasteiger partial charge in [-0.1, -0.05) is 26.3 Å². The molecule has 1 rings (SSSR count). The van der Waals surface area contributed by atoms with Crippen molar-refractivity contribution in [1.29, 1.82) is 0 Å². The Hall–Kier alpha value is -2.20. The number of nitrogens with zero attached hydrogens (tertiary/aromatic N) is 3. The van der Waals surface area contributed by atoms with Crippen molar-refractivity contribution >= 4 is 25.8 Å². The van der Waals surface area contributed by atoms with Gasteiger partial charge in [0.15, 0.2) is 0 Å². The Morgan fingerprint density at radius 2 is 1.93 bits per heavy atom. The van der Waals surface area contributed by atoms with E-state index in [4.69, 9.17) is 14.5 Å². The summed E-state index contributed by atoms with van der Waals surface area (Å²) in [4.78, 5) is 47.8. The Morgan fingerprint density at radius 3 is 2.54 bits per heavy atom. The fourth-order valence-corrected chi connectivity index (χ4v) is 2.14. The lowest BCUT2D eigenvalue weighted by Crippen LogP contribution is -2.32. The molecule has 0 aliphatic carbocycles. The van der Waals surface area contributed by atoms with E-state index < -0.39 is 26.8 Å². The van der Waals surface area contributed by atoms with Crippen LogP contribution in [0.5, 0.6) is 0 Å². The zero-order valence-corrected chi connectivity index (χ0v) is 17.2. The minimum atomic E-state index is -4.73. The van der Waals surface area contributed by atoms with Gasteiger partial charge in [0.1, 0.15) is 5.82 Å². The molecule has 28 heavy (non-hydrogen) atoms. The average molecular weight is 419 g/mol. The first kappa shape index (κ1) is 23.8. The highest BCUT2D eigenvalue weighted by atomic mass is 31.2. The highest BCUT2D eigenvalue weighted by Gasteiger charge is 2.21. The van der Waals surface area contributed by atoms with E-state index in [9.17, 15) is 14.2 Å². The molecule has 0 radical (unpaired) electrons. The second-order valence-corrected chi connectivity index (χ2v) is 7.38. The Kier molecular flexibility index (Phi) is 9.33. The molecule has 0 saturated heterocycles. The number of aromatic nitrogens is 1. The summed E-state index contributed by atoms with van der Waals surface area (Å²) in [6.07, 6.45) is 0.944. The van der Waals surface area contributed by atoms with E-state index >= 15 is 0 Å². The summed E-state index contributed by atoms with van der Waals surface area (Å²) in [5, 5.41) is 0. The number of amides is 2. The number of hydrogen-bond donors (Lipinski definition) is 2. The second kappa shape index (κ2) is 11.0. The van der Waals surface area contributed by atoms with Crippen LogP contribution in [0.25, 0.3) is 0 Å². The van der Waals surface area contributed by atoms with Crippen LogP contribution in [-0.2, 0) is 25.1 Å². The van der Waals surface area contributed by atoms with Gasteiger partial charge in [0.2, 0.25) is 6.79 Å². The zero-order chi connectivity index (χ0) is 21.3. The van der Waals surface area contributed by atoms with E-state index in [0.29, 0.717) is 11.4 Å². The molecule has 2 amide bonds. The maximum atomic E-state index is 12.2. The first-order chi connectivity index (χ1) is 13.0. The predicted octanol–water partition coefficient (Wildman–Crippen LogP) is 2.34. The van der Waals surface area contributed by atoms with Gasteiger partial charge in [0.05, 0.1) is 13.2 Å². The van der Waals surface area contributed by atoms with Crippen LogP contribution in [0.4, 0.5) is 15.4 Å². The summed E-state index contributed by atoms with van der Waals surface area (Å²) in [6, 6.07) is 3.32. The Balaban J connectivity index is 2.73. The number of hydrogen-bond acceptors (Lipinski definition) is 7. The van der Waals surface area contributed by atoms with Crippen molar-refractivity contribution < 1.29 is 37.9 Å². The van der Waals surface area contributed by atoms with Crippen molar-refractivity contribution in [3.05, 3.63) is 23.9 Å². The smallest absolute Gasteiger partial charge is 0.449 e. The van der Waals surface area contributed by atoms with Crippen LogP contribution in [0.2, 0.25) is 0 Å². The number of pyridine rings is 1. The number of phosphoric acid groups is 1. The molecule has 1 aromatic rings. The number of phosphoric ester groups is 1. The molecule has 11 nitrogen and oxygen atoms in total. The molecule has 1 heterocycles. The topological polar surface area (TPSA) is 139 Å². The van der Waals surface area contributed by atoms with Gasteiger partial charge >= 0.3 is 20.0 Å². The van der Waals surface area contributed by atoms with E-state index in [1.807, 2.05) is 13.8 Å². The highest BCUT2D eigenvalue weighted by Crippen LogP contribution is 2.35. The molecule has 0 saturated carbocycles. The fraction of sp³-hybridized carbons (Fsp3) is 0.562. The molecule has 1 unspecified atom stereocenters. The number of anilines is 1. The molecule has 12 heteroatoms. The molecule has 1 aromatic heterocycles. The van der Waals surface area contributed by atoms with Crippen molar-refractivity contribution in [1.82, 2.24) is 9.88 Å². The average Bonchev–Trinajstić information content (AvgIpc) is 2.64. The molecule has 0 aliphatic rings. The van der Waals surface area contributed by atoms with Crippen LogP contribution in [0.15, 0.2) is 18.3 Å².